The lowest BCUT2D eigenvalue weighted by molar-refractivity contribution is -0.116. The number of rotatable bonds is 5. The van der Waals surface area contributed by atoms with Gasteiger partial charge in [-0.25, -0.2) is 4.39 Å². The Hall–Kier alpha value is -3.79. The number of halogens is 3. The van der Waals surface area contributed by atoms with Gasteiger partial charge in [-0.1, -0.05) is 40.9 Å². The van der Waals surface area contributed by atoms with Crippen LogP contribution < -0.4 is 15.4 Å². The van der Waals surface area contributed by atoms with Crippen molar-refractivity contribution in [3.63, 3.8) is 0 Å². The van der Waals surface area contributed by atoms with Crippen LogP contribution in [0.5, 0.6) is 5.75 Å². The Kier molecular flexibility index (Phi) is 7.63. The highest BCUT2D eigenvalue weighted by atomic mass is 35.5. The van der Waals surface area contributed by atoms with E-state index in [1.807, 2.05) is 39.0 Å². The molecule has 1 heterocycles. The van der Waals surface area contributed by atoms with Crippen molar-refractivity contribution in [2.75, 3.05) is 4.90 Å². The first-order valence-corrected chi connectivity index (χ1v) is 13.8. The number of Topliss-reactive ketones (excluding diaryl/α,β-unsaturated/α-hetero) is 1. The molecule has 1 atom stereocenters. The van der Waals surface area contributed by atoms with Crippen molar-refractivity contribution in [2.24, 2.45) is 5.73 Å². The molecular formula is C32H28Cl2FN3O2. The summed E-state index contributed by atoms with van der Waals surface area (Å²) < 4.78 is 20.2. The third kappa shape index (κ3) is 4.96. The highest BCUT2D eigenvalue weighted by molar-refractivity contribution is 6.31. The van der Waals surface area contributed by atoms with Crippen LogP contribution in [0.25, 0.3) is 0 Å². The number of ketones is 1. The summed E-state index contributed by atoms with van der Waals surface area (Å²) in [7, 11) is 0. The van der Waals surface area contributed by atoms with E-state index in [2.05, 4.69) is 12.1 Å². The third-order valence-electron chi connectivity index (χ3n) is 7.61. The minimum absolute atomic E-state index is 0.0276. The van der Waals surface area contributed by atoms with E-state index < -0.39 is 11.7 Å². The second-order valence-electron chi connectivity index (χ2n) is 10.3. The number of nitrogens with two attached hydrogens (primary N) is 1. The molecule has 3 aromatic rings. The van der Waals surface area contributed by atoms with Crippen molar-refractivity contribution in [3.8, 4) is 11.8 Å². The zero-order valence-electron chi connectivity index (χ0n) is 22.4. The van der Waals surface area contributed by atoms with Crippen molar-refractivity contribution in [1.82, 2.24) is 0 Å². The number of nitrogens with zero attached hydrogens (tertiary/aromatic N) is 2. The van der Waals surface area contributed by atoms with Crippen LogP contribution >= 0.6 is 23.2 Å². The molecule has 0 fully saturated rings. The van der Waals surface area contributed by atoms with Crippen molar-refractivity contribution >= 4 is 34.7 Å². The molecule has 2 aliphatic rings. The molecule has 204 valence electrons. The molecule has 0 radical (unpaired) electrons. The first-order valence-electron chi connectivity index (χ1n) is 13.0. The lowest BCUT2D eigenvalue weighted by atomic mass is 9.73. The van der Waals surface area contributed by atoms with E-state index in [1.165, 1.54) is 12.1 Å². The summed E-state index contributed by atoms with van der Waals surface area (Å²) in [5.41, 5.74) is 13.3. The largest absolute Gasteiger partial charge is 0.489 e. The summed E-state index contributed by atoms with van der Waals surface area (Å²) in [5, 5.41) is 11.0. The Labute approximate surface area is 243 Å². The van der Waals surface area contributed by atoms with Gasteiger partial charge in [-0.2, -0.15) is 5.26 Å². The number of hydrogen-bond acceptors (Lipinski definition) is 5. The van der Waals surface area contributed by atoms with E-state index in [9.17, 15) is 14.4 Å². The maximum atomic E-state index is 14.0. The van der Waals surface area contributed by atoms with E-state index in [4.69, 9.17) is 33.7 Å². The number of allylic oxidation sites excluding steroid dienone is 3. The molecule has 8 heteroatoms. The molecule has 3 aromatic carbocycles. The minimum Gasteiger partial charge on any atom is -0.489 e. The summed E-state index contributed by atoms with van der Waals surface area (Å²) in [4.78, 5) is 15.2. The van der Waals surface area contributed by atoms with Crippen molar-refractivity contribution in [3.05, 3.63) is 115 Å². The summed E-state index contributed by atoms with van der Waals surface area (Å²) in [5.74, 6) is -0.279. The Morgan fingerprint density at radius 1 is 1.10 bits per heavy atom. The summed E-state index contributed by atoms with van der Waals surface area (Å²) >= 11 is 12.2. The van der Waals surface area contributed by atoms with E-state index in [0.717, 1.165) is 39.3 Å². The molecule has 1 aliphatic heterocycles. The van der Waals surface area contributed by atoms with E-state index in [0.29, 0.717) is 42.2 Å². The van der Waals surface area contributed by atoms with E-state index >= 15 is 0 Å². The van der Waals surface area contributed by atoms with Gasteiger partial charge in [0.15, 0.2) is 5.78 Å². The lowest BCUT2D eigenvalue weighted by Crippen LogP contribution is -2.39. The van der Waals surface area contributed by atoms with Crippen molar-refractivity contribution < 1.29 is 13.9 Å². The fourth-order valence-corrected chi connectivity index (χ4v) is 6.06. The van der Waals surface area contributed by atoms with Gasteiger partial charge >= 0.3 is 0 Å². The number of hydrogen-bond donors (Lipinski definition) is 1. The van der Waals surface area contributed by atoms with Gasteiger partial charge in [0.25, 0.3) is 0 Å². The van der Waals surface area contributed by atoms with Crippen LogP contribution in [0.15, 0.2) is 71.2 Å². The standard InChI is InChI=1S/C32H28Cl2FN3O2/c1-17-11-20(16-40-29-10-7-21(33)13-18(29)2)19(3)23(12-17)30-24(15-36)32(37)38(22-8-9-26(35)25(34)14-22)27-5-4-6-28(39)31(27)30/h7-14,30H,4-6,16,37H2,1-3H3. The molecule has 0 aromatic heterocycles. The highest BCUT2D eigenvalue weighted by Crippen LogP contribution is 2.47. The van der Waals surface area contributed by atoms with Crippen LogP contribution in [-0.4, -0.2) is 5.78 Å². The summed E-state index contributed by atoms with van der Waals surface area (Å²) in [6.07, 6.45) is 1.61. The van der Waals surface area contributed by atoms with Gasteiger partial charge in [0.2, 0.25) is 0 Å². The van der Waals surface area contributed by atoms with Gasteiger partial charge in [-0.05, 0) is 92.3 Å². The zero-order valence-corrected chi connectivity index (χ0v) is 24.0. The van der Waals surface area contributed by atoms with Crippen LogP contribution in [-0.2, 0) is 11.4 Å². The Morgan fingerprint density at radius 2 is 1.88 bits per heavy atom. The Bertz CT molecular complexity index is 1650. The molecule has 0 bridgehead atoms. The fraction of sp³-hybridized carbons (Fsp3) is 0.250. The molecular weight excluding hydrogens is 548 g/mol. The molecule has 1 aliphatic carbocycles. The van der Waals surface area contributed by atoms with Gasteiger partial charge in [-0.3, -0.25) is 9.69 Å². The minimum atomic E-state index is -0.629. The lowest BCUT2D eigenvalue weighted by Gasteiger charge is -2.40. The first kappa shape index (κ1) is 27.8. The van der Waals surface area contributed by atoms with Crippen LogP contribution in [0, 0.1) is 37.9 Å². The molecule has 0 saturated heterocycles. The molecule has 0 spiro atoms. The van der Waals surface area contributed by atoms with Gasteiger partial charge in [-0.15, -0.1) is 0 Å². The quantitative estimate of drug-likeness (QED) is 0.334. The molecule has 5 rings (SSSR count). The maximum Gasteiger partial charge on any atom is 0.161 e. The molecule has 0 amide bonds. The van der Waals surface area contributed by atoms with Crippen LogP contribution in [0.4, 0.5) is 10.1 Å². The fourth-order valence-electron chi connectivity index (χ4n) is 5.66. The predicted octanol–water partition coefficient (Wildman–Crippen LogP) is 7.94. The van der Waals surface area contributed by atoms with Crippen LogP contribution in [0.2, 0.25) is 10.0 Å². The monoisotopic (exact) mass is 575 g/mol. The third-order valence-corrected chi connectivity index (χ3v) is 8.13. The maximum absolute atomic E-state index is 14.0. The number of aryl methyl sites for hydroxylation is 2. The van der Waals surface area contributed by atoms with Crippen LogP contribution in [0.3, 0.4) is 0 Å². The zero-order chi connectivity index (χ0) is 28.7. The number of anilines is 1. The topological polar surface area (TPSA) is 79.3 Å². The van der Waals surface area contributed by atoms with Gasteiger partial charge in [0, 0.05) is 28.4 Å². The second kappa shape index (κ2) is 11.0. The second-order valence-corrected chi connectivity index (χ2v) is 11.1. The number of carbonyl (C=O) groups excluding carboxylic acids is 1. The highest BCUT2D eigenvalue weighted by Gasteiger charge is 2.41. The molecule has 2 N–H and O–H groups in total. The Balaban J connectivity index is 1.63. The molecule has 1 unspecified atom stereocenters. The van der Waals surface area contributed by atoms with Crippen molar-refractivity contribution in [1.29, 1.82) is 5.26 Å². The van der Waals surface area contributed by atoms with Gasteiger partial charge in [0.05, 0.1) is 22.6 Å². The Morgan fingerprint density at radius 3 is 2.58 bits per heavy atom. The average Bonchev–Trinajstić information content (AvgIpc) is 2.91. The molecule has 0 saturated carbocycles. The average molecular weight is 576 g/mol. The SMILES string of the molecule is Cc1cc(COc2ccc(Cl)cc2C)c(C)c(C2C(C#N)=C(N)N(c3ccc(F)c(Cl)c3)C3=C2C(=O)CCC3)c1. The normalized spacial score (nSPS) is 17.2. The van der Waals surface area contributed by atoms with E-state index in [-0.39, 0.29) is 22.2 Å². The number of carbonyl (C=O) groups is 1. The smallest absolute Gasteiger partial charge is 0.161 e. The van der Waals surface area contributed by atoms with Gasteiger partial charge in [0.1, 0.15) is 24.0 Å². The summed E-state index contributed by atoms with van der Waals surface area (Å²) in [6.45, 7) is 6.20. The van der Waals surface area contributed by atoms with E-state index in [1.54, 1.807) is 17.0 Å². The predicted molar refractivity (Wildman–Crippen MR) is 156 cm³/mol. The summed E-state index contributed by atoms with van der Waals surface area (Å²) in [6, 6.07) is 16.1. The first-order chi connectivity index (χ1) is 19.1. The number of nitriles is 1. The van der Waals surface area contributed by atoms with Gasteiger partial charge < -0.3 is 10.5 Å². The van der Waals surface area contributed by atoms with Crippen molar-refractivity contribution in [2.45, 2.75) is 52.6 Å². The number of ether oxygens (including phenoxy) is 1. The number of benzene rings is 3. The van der Waals surface area contributed by atoms with Crippen LogP contribution in [0.1, 0.15) is 53.0 Å². The molecule has 40 heavy (non-hydrogen) atoms. The molecule has 5 nitrogen and oxygen atoms in total.